The Hall–Kier alpha value is -2.95. The predicted molar refractivity (Wildman–Crippen MR) is 87.7 cm³/mol. The van der Waals surface area contributed by atoms with Gasteiger partial charge in [0.2, 0.25) is 10.0 Å². The van der Waals surface area contributed by atoms with Crippen molar-refractivity contribution in [3.8, 4) is 11.5 Å². The van der Waals surface area contributed by atoms with Gasteiger partial charge in [-0.3, -0.25) is 4.31 Å². The van der Waals surface area contributed by atoms with Crippen LogP contribution in [0.4, 0.5) is 14.5 Å². The molecule has 0 atom stereocenters. The van der Waals surface area contributed by atoms with Gasteiger partial charge in [0.05, 0.1) is 24.1 Å². The first-order valence-corrected chi connectivity index (χ1v) is 9.15. The van der Waals surface area contributed by atoms with Gasteiger partial charge in [0, 0.05) is 12.4 Å². The molecule has 11 heteroatoms. The molecule has 2 heterocycles. The Kier molecular flexibility index (Phi) is 4.89. The van der Waals surface area contributed by atoms with Gasteiger partial charge in [-0.15, -0.1) is 10.2 Å². The zero-order valence-electron chi connectivity index (χ0n) is 13.5. The highest BCUT2D eigenvalue weighted by atomic mass is 32.2. The Morgan fingerprint density at radius 1 is 1.12 bits per heavy atom. The number of aromatic nitrogens is 4. The van der Waals surface area contributed by atoms with E-state index in [1.165, 1.54) is 12.4 Å². The normalized spacial score (nSPS) is 11.7. The molecule has 3 rings (SSSR count). The molecule has 26 heavy (non-hydrogen) atoms. The van der Waals surface area contributed by atoms with Gasteiger partial charge in [-0.2, -0.15) is 8.78 Å². The Morgan fingerprint density at radius 3 is 2.31 bits per heavy atom. The molecule has 0 radical (unpaired) electrons. The Bertz CT molecular complexity index is 978. The lowest BCUT2D eigenvalue weighted by molar-refractivity contribution is 0.116. The van der Waals surface area contributed by atoms with E-state index in [4.69, 9.17) is 4.42 Å². The number of anilines is 1. The summed E-state index contributed by atoms with van der Waals surface area (Å²) in [5, 5.41) is 6.73. The molecule has 0 saturated heterocycles. The molecule has 0 aliphatic carbocycles. The fourth-order valence-corrected chi connectivity index (χ4v) is 2.96. The topological polar surface area (TPSA) is 102 Å². The number of hydrogen-bond donors (Lipinski definition) is 0. The van der Waals surface area contributed by atoms with Crippen molar-refractivity contribution in [2.24, 2.45) is 0 Å². The van der Waals surface area contributed by atoms with Gasteiger partial charge in [0.25, 0.3) is 11.8 Å². The summed E-state index contributed by atoms with van der Waals surface area (Å²) < 4.78 is 55.1. The molecule has 136 valence electrons. The summed E-state index contributed by atoms with van der Waals surface area (Å²) in [7, 11) is -3.56. The van der Waals surface area contributed by atoms with Crippen molar-refractivity contribution in [3.05, 3.63) is 54.4 Å². The van der Waals surface area contributed by atoms with E-state index in [9.17, 15) is 17.2 Å². The first kappa shape index (κ1) is 17.9. The third-order valence-corrected chi connectivity index (χ3v) is 4.45. The van der Waals surface area contributed by atoms with Crippen LogP contribution in [-0.2, 0) is 16.6 Å². The lowest BCUT2D eigenvalue weighted by Crippen LogP contribution is -2.30. The predicted octanol–water partition coefficient (Wildman–Crippen LogP) is 2.43. The quantitative estimate of drug-likeness (QED) is 0.646. The van der Waals surface area contributed by atoms with E-state index in [-0.39, 0.29) is 23.8 Å². The van der Waals surface area contributed by atoms with Crippen molar-refractivity contribution in [3.63, 3.8) is 0 Å². The second-order valence-electron chi connectivity index (χ2n) is 5.24. The fourth-order valence-electron chi connectivity index (χ4n) is 2.11. The van der Waals surface area contributed by atoms with Gasteiger partial charge >= 0.3 is 6.43 Å². The van der Waals surface area contributed by atoms with Gasteiger partial charge in [-0.1, -0.05) is 18.2 Å². The smallest absolute Gasteiger partial charge is 0.314 e. The molecule has 0 aliphatic heterocycles. The van der Waals surface area contributed by atoms with E-state index < -0.39 is 22.3 Å². The summed E-state index contributed by atoms with van der Waals surface area (Å²) in [6.45, 7) is -0.0881. The summed E-state index contributed by atoms with van der Waals surface area (Å²) in [5.74, 6) is -0.720. The number of alkyl halides is 2. The minimum atomic E-state index is -3.56. The molecule has 3 aromatic rings. The molecule has 0 bridgehead atoms. The van der Waals surface area contributed by atoms with Crippen molar-refractivity contribution in [2.45, 2.75) is 13.0 Å². The molecule has 0 N–H and O–H groups in total. The average molecular weight is 381 g/mol. The maximum Gasteiger partial charge on any atom is 0.314 e. The van der Waals surface area contributed by atoms with E-state index in [0.29, 0.717) is 5.69 Å². The molecule has 8 nitrogen and oxygen atoms in total. The van der Waals surface area contributed by atoms with Crippen molar-refractivity contribution in [1.82, 2.24) is 20.2 Å². The maximum atomic E-state index is 12.5. The monoisotopic (exact) mass is 381 g/mol. The molecule has 0 saturated carbocycles. The van der Waals surface area contributed by atoms with Crippen LogP contribution in [0.15, 0.2) is 47.1 Å². The van der Waals surface area contributed by atoms with Crippen LogP contribution in [0.25, 0.3) is 11.5 Å². The highest BCUT2D eigenvalue weighted by Crippen LogP contribution is 2.23. The van der Waals surface area contributed by atoms with Crippen LogP contribution in [0, 0.1) is 0 Å². The highest BCUT2D eigenvalue weighted by molar-refractivity contribution is 7.92. The molecular formula is C15H13F2N5O3S. The molecule has 0 amide bonds. The fraction of sp³-hybridized carbons (Fsp3) is 0.200. The largest absolute Gasteiger partial charge is 0.415 e. The highest BCUT2D eigenvalue weighted by Gasteiger charge is 2.20. The Labute approximate surface area is 147 Å². The van der Waals surface area contributed by atoms with E-state index in [1.54, 1.807) is 30.3 Å². The SMILES string of the molecule is CS(=O)(=O)N(Cc1ncc(-c2nnc(C(F)F)o2)cn1)c1ccccc1. The van der Waals surface area contributed by atoms with E-state index in [0.717, 1.165) is 10.6 Å². The molecule has 0 unspecified atom stereocenters. The number of halogens is 2. The van der Waals surface area contributed by atoms with Gasteiger partial charge in [0.1, 0.15) is 5.82 Å². The second-order valence-corrected chi connectivity index (χ2v) is 7.15. The standard InChI is InChI=1S/C15H13F2N5O3S/c1-26(23,24)22(11-5-3-2-4-6-11)9-12-18-7-10(8-19-12)14-20-21-15(25-14)13(16)17/h2-8,13H,9H2,1H3. The zero-order valence-corrected chi connectivity index (χ0v) is 14.3. The summed E-state index contributed by atoms with van der Waals surface area (Å²) in [4.78, 5) is 8.11. The van der Waals surface area contributed by atoms with Gasteiger partial charge in [-0.25, -0.2) is 18.4 Å². The summed E-state index contributed by atoms with van der Waals surface area (Å²) >= 11 is 0. The van der Waals surface area contributed by atoms with Crippen LogP contribution < -0.4 is 4.31 Å². The van der Waals surface area contributed by atoms with Crippen LogP contribution in [0.1, 0.15) is 18.1 Å². The molecule has 1 aromatic carbocycles. The molecule has 0 aliphatic rings. The van der Waals surface area contributed by atoms with Crippen molar-refractivity contribution < 1.29 is 21.6 Å². The van der Waals surface area contributed by atoms with Crippen LogP contribution in [0.3, 0.4) is 0 Å². The average Bonchev–Trinajstić information content (AvgIpc) is 3.10. The number of benzene rings is 1. The number of rotatable bonds is 6. The van der Waals surface area contributed by atoms with Gasteiger partial charge in [0.15, 0.2) is 0 Å². The Morgan fingerprint density at radius 2 is 1.77 bits per heavy atom. The second kappa shape index (κ2) is 7.12. The summed E-state index contributed by atoms with van der Waals surface area (Å²) in [6.07, 6.45) is 0.816. The first-order chi connectivity index (χ1) is 12.3. The summed E-state index contributed by atoms with van der Waals surface area (Å²) in [5.41, 5.74) is 0.722. The molecule has 2 aromatic heterocycles. The third kappa shape index (κ3) is 3.99. The maximum absolute atomic E-state index is 12.5. The van der Waals surface area contributed by atoms with Crippen LogP contribution >= 0.6 is 0 Å². The number of para-hydroxylation sites is 1. The van der Waals surface area contributed by atoms with Crippen molar-refractivity contribution in [1.29, 1.82) is 0 Å². The lowest BCUT2D eigenvalue weighted by Gasteiger charge is -2.21. The van der Waals surface area contributed by atoms with Crippen LogP contribution in [0.2, 0.25) is 0 Å². The van der Waals surface area contributed by atoms with Crippen molar-refractivity contribution >= 4 is 15.7 Å². The van der Waals surface area contributed by atoms with Crippen LogP contribution in [-0.4, -0.2) is 34.8 Å². The minimum Gasteiger partial charge on any atom is -0.415 e. The molecule has 0 fully saturated rings. The number of hydrogen-bond acceptors (Lipinski definition) is 7. The molecule has 0 spiro atoms. The van der Waals surface area contributed by atoms with Crippen molar-refractivity contribution in [2.75, 3.05) is 10.6 Å². The molecular weight excluding hydrogens is 368 g/mol. The number of nitrogens with zero attached hydrogens (tertiary/aromatic N) is 5. The first-order valence-electron chi connectivity index (χ1n) is 7.30. The van der Waals surface area contributed by atoms with Crippen LogP contribution in [0.5, 0.6) is 0 Å². The van der Waals surface area contributed by atoms with Gasteiger partial charge < -0.3 is 4.42 Å². The van der Waals surface area contributed by atoms with E-state index >= 15 is 0 Å². The number of sulfonamides is 1. The summed E-state index contributed by atoms with van der Waals surface area (Å²) in [6, 6.07) is 8.51. The lowest BCUT2D eigenvalue weighted by atomic mass is 10.3. The zero-order chi connectivity index (χ0) is 18.7. The van der Waals surface area contributed by atoms with E-state index in [1.807, 2.05) is 0 Å². The van der Waals surface area contributed by atoms with Gasteiger partial charge in [-0.05, 0) is 12.1 Å². The third-order valence-electron chi connectivity index (χ3n) is 3.31. The minimum absolute atomic E-state index is 0.0881. The Balaban J connectivity index is 1.83. The van der Waals surface area contributed by atoms with E-state index in [2.05, 4.69) is 20.2 Å².